The number of aromatic amines is 1. The fourth-order valence-corrected chi connectivity index (χ4v) is 3.58. The Labute approximate surface area is 180 Å². The Morgan fingerprint density at radius 2 is 1.77 bits per heavy atom. The smallest absolute Gasteiger partial charge is 0.303 e. The van der Waals surface area contributed by atoms with Crippen LogP contribution in [0, 0.1) is 13.8 Å². The predicted molar refractivity (Wildman–Crippen MR) is 121 cm³/mol. The van der Waals surface area contributed by atoms with Crippen molar-refractivity contribution in [2.24, 2.45) is 0 Å². The molecule has 0 spiro atoms. The van der Waals surface area contributed by atoms with Gasteiger partial charge in [0.25, 0.3) is 5.91 Å². The van der Waals surface area contributed by atoms with Crippen LogP contribution in [0.4, 0.5) is 5.82 Å². The van der Waals surface area contributed by atoms with E-state index < -0.39 is 18.0 Å². The molecule has 156 valence electrons. The topological polar surface area (TPSA) is 84.1 Å². The molecule has 1 aromatic heterocycles. The highest BCUT2D eigenvalue weighted by molar-refractivity contribution is 6.03. The summed E-state index contributed by atoms with van der Waals surface area (Å²) in [5.41, 5.74) is 5.99. The van der Waals surface area contributed by atoms with Crippen molar-refractivity contribution in [3.05, 3.63) is 83.4 Å². The number of aromatic nitrogens is 2. The maximum absolute atomic E-state index is 12.9. The number of aryl methyl sites for hydroxylation is 2. The molecule has 0 aliphatic carbocycles. The number of amides is 1. The van der Waals surface area contributed by atoms with Crippen LogP contribution in [0.2, 0.25) is 0 Å². The third-order valence-electron chi connectivity index (χ3n) is 5.13. The number of nitrogens with zero attached hydrogens (tertiary/aromatic N) is 1. The van der Waals surface area contributed by atoms with Crippen LogP contribution in [0.15, 0.2) is 66.7 Å². The summed E-state index contributed by atoms with van der Waals surface area (Å²) < 4.78 is 5.27. The molecule has 6 nitrogen and oxygen atoms in total. The third-order valence-corrected chi connectivity index (χ3v) is 5.13. The molecule has 0 saturated heterocycles. The minimum absolute atomic E-state index is 0.389. The van der Waals surface area contributed by atoms with Crippen molar-refractivity contribution in [2.45, 2.75) is 26.9 Å². The van der Waals surface area contributed by atoms with Gasteiger partial charge in [0.15, 0.2) is 5.82 Å². The van der Waals surface area contributed by atoms with Crippen LogP contribution < -0.4 is 5.32 Å². The first-order valence-electron chi connectivity index (χ1n) is 10.0. The van der Waals surface area contributed by atoms with Crippen LogP contribution in [-0.4, -0.2) is 22.1 Å². The fourth-order valence-electron chi connectivity index (χ4n) is 3.58. The molecule has 3 aromatic carbocycles. The summed E-state index contributed by atoms with van der Waals surface area (Å²) >= 11 is 0. The number of carbonyl (C=O) groups excluding carboxylic acids is 2. The van der Waals surface area contributed by atoms with Crippen molar-refractivity contribution in [3.63, 3.8) is 0 Å². The molecule has 0 aliphatic heterocycles. The van der Waals surface area contributed by atoms with Gasteiger partial charge >= 0.3 is 5.97 Å². The average Bonchev–Trinajstić information content (AvgIpc) is 3.16. The lowest BCUT2D eigenvalue weighted by Crippen LogP contribution is -2.25. The minimum Gasteiger partial charge on any atom is -0.447 e. The highest BCUT2D eigenvalue weighted by Crippen LogP contribution is 2.30. The van der Waals surface area contributed by atoms with Crippen LogP contribution in [0.3, 0.4) is 0 Å². The van der Waals surface area contributed by atoms with Crippen LogP contribution in [0.1, 0.15) is 29.7 Å². The zero-order valence-corrected chi connectivity index (χ0v) is 17.6. The van der Waals surface area contributed by atoms with Gasteiger partial charge in [0.05, 0.1) is 5.52 Å². The molecule has 4 aromatic rings. The lowest BCUT2D eigenvalue weighted by Gasteiger charge is -2.16. The van der Waals surface area contributed by atoms with Crippen molar-refractivity contribution < 1.29 is 14.3 Å². The van der Waals surface area contributed by atoms with Gasteiger partial charge in [0.1, 0.15) is 0 Å². The molecule has 2 N–H and O–H groups in total. The van der Waals surface area contributed by atoms with Gasteiger partial charge in [-0.3, -0.25) is 14.7 Å². The third kappa shape index (κ3) is 4.33. The number of ether oxygens (including phenoxy) is 1. The van der Waals surface area contributed by atoms with Gasteiger partial charge in [0.2, 0.25) is 6.10 Å². The van der Waals surface area contributed by atoms with Gasteiger partial charge in [-0.25, -0.2) is 0 Å². The molecular formula is C25H23N3O3. The monoisotopic (exact) mass is 413 g/mol. The van der Waals surface area contributed by atoms with Crippen molar-refractivity contribution >= 4 is 28.6 Å². The molecule has 6 heteroatoms. The van der Waals surface area contributed by atoms with Gasteiger partial charge < -0.3 is 10.1 Å². The van der Waals surface area contributed by atoms with Crippen LogP contribution >= 0.6 is 0 Å². The minimum atomic E-state index is -1.06. The van der Waals surface area contributed by atoms with E-state index in [1.807, 2.05) is 24.3 Å². The maximum Gasteiger partial charge on any atom is 0.303 e. The molecule has 0 radical (unpaired) electrons. The van der Waals surface area contributed by atoms with E-state index in [0.29, 0.717) is 11.4 Å². The second-order valence-electron chi connectivity index (χ2n) is 7.54. The molecule has 0 fully saturated rings. The summed E-state index contributed by atoms with van der Waals surface area (Å²) in [5, 5.41) is 10.8. The van der Waals surface area contributed by atoms with E-state index in [-0.39, 0.29) is 0 Å². The van der Waals surface area contributed by atoms with E-state index in [1.54, 1.807) is 24.3 Å². The number of hydrogen-bond donors (Lipinski definition) is 2. The highest BCUT2D eigenvalue weighted by Gasteiger charge is 2.25. The summed E-state index contributed by atoms with van der Waals surface area (Å²) in [6.07, 6.45) is -1.06. The molecule has 0 aliphatic rings. The molecule has 1 heterocycles. The molecule has 4 rings (SSSR count). The molecular weight excluding hydrogens is 390 g/mol. The molecule has 1 unspecified atom stereocenters. The first-order valence-corrected chi connectivity index (χ1v) is 10.0. The average molecular weight is 413 g/mol. The molecule has 1 atom stereocenters. The van der Waals surface area contributed by atoms with Gasteiger partial charge in [-0.2, -0.15) is 5.10 Å². The first kappa shape index (κ1) is 20.3. The Morgan fingerprint density at radius 1 is 1.00 bits per heavy atom. The number of esters is 1. The Kier molecular flexibility index (Phi) is 5.54. The predicted octanol–water partition coefficient (Wildman–Crippen LogP) is 5.09. The molecule has 1 amide bonds. The summed E-state index contributed by atoms with van der Waals surface area (Å²) in [6.45, 7) is 5.43. The van der Waals surface area contributed by atoms with E-state index >= 15 is 0 Å². The lowest BCUT2D eigenvalue weighted by molar-refractivity contribution is -0.152. The molecule has 0 bridgehead atoms. The Balaban J connectivity index is 1.63. The van der Waals surface area contributed by atoms with Gasteiger partial charge in [-0.1, -0.05) is 60.2 Å². The first-order chi connectivity index (χ1) is 14.9. The van der Waals surface area contributed by atoms with Gasteiger partial charge in [-0.15, -0.1) is 0 Å². The zero-order valence-electron chi connectivity index (χ0n) is 17.6. The van der Waals surface area contributed by atoms with Gasteiger partial charge in [-0.05, 0) is 42.7 Å². The quantitative estimate of drug-likeness (QED) is 0.446. The van der Waals surface area contributed by atoms with E-state index in [4.69, 9.17) is 4.74 Å². The van der Waals surface area contributed by atoms with Crippen molar-refractivity contribution in [1.29, 1.82) is 0 Å². The summed E-state index contributed by atoms with van der Waals surface area (Å²) in [7, 11) is 0. The number of rotatable bonds is 5. The largest absolute Gasteiger partial charge is 0.447 e. The van der Waals surface area contributed by atoms with E-state index in [0.717, 1.165) is 22.0 Å². The molecule has 31 heavy (non-hydrogen) atoms. The van der Waals surface area contributed by atoms with Crippen LogP contribution in [0.5, 0.6) is 0 Å². The summed E-state index contributed by atoms with van der Waals surface area (Å²) in [6, 6.07) is 21.2. The van der Waals surface area contributed by atoms with Crippen LogP contribution in [0.25, 0.3) is 22.0 Å². The van der Waals surface area contributed by atoms with E-state index in [2.05, 4.69) is 47.6 Å². The number of H-pyrrole nitrogens is 1. The SMILES string of the molecule is CC(=O)OC(C(=O)Nc1n[nH]c2cc(-c3cc(C)ccc3C)ccc12)c1ccccc1. The van der Waals surface area contributed by atoms with Gasteiger partial charge in [0, 0.05) is 17.9 Å². The van der Waals surface area contributed by atoms with Crippen molar-refractivity contribution in [1.82, 2.24) is 10.2 Å². The number of hydrogen-bond acceptors (Lipinski definition) is 4. The molecule has 0 saturated carbocycles. The van der Waals surface area contributed by atoms with Crippen molar-refractivity contribution in [3.8, 4) is 11.1 Å². The number of benzene rings is 3. The Morgan fingerprint density at radius 3 is 2.52 bits per heavy atom. The standard InChI is InChI=1S/C25H23N3O3/c1-15-9-10-16(2)21(13-15)19-11-12-20-22(14-19)27-28-24(20)26-25(30)23(31-17(3)29)18-7-5-4-6-8-18/h4-14,23H,1-3H3,(H2,26,27,28,30). The van der Waals surface area contributed by atoms with Crippen LogP contribution in [-0.2, 0) is 14.3 Å². The maximum atomic E-state index is 12.9. The normalized spacial score (nSPS) is 11.8. The summed E-state index contributed by atoms with van der Waals surface area (Å²) in [5.74, 6) is -0.608. The second-order valence-corrected chi connectivity index (χ2v) is 7.54. The fraction of sp³-hybridized carbons (Fsp3) is 0.160. The number of carbonyl (C=O) groups is 2. The highest BCUT2D eigenvalue weighted by atomic mass is 16.5. The second kappa shape index (κ2) is 8.44. The van der Waals surface area contributed by atoms with E-state index in [1.165, 1.54) is 18.1 Å². The lowest BCUT2D eigenvalue weighted by atomic mass is 9.98. The van der Waals surface area contributed by atoms with Crippen molar-refractivity contribution in [2.75, 3.05) is 5.32 Å². The number of anilines is 1. The van der Waals surface area contributed by atoms with E-state index in [9.17, 15) is 9.59 Å². The number of fused-ring (bicyclic) bond motifs is 1. The Bertz CT molecular complexity index is 1260. The Hall–Kier alpha value is -3.93. The number of nitrogens with one attached hydrogen (secondary N) is 2. The summed E-state index contributed by atoms with van der Waals surface area (Å²) in [4.78, 5) is 24.5. The zero-order chi connectivity index (χ0) is 22.0.